The molecule has 1 atom stereocenters. The van der Waals surface area contributed by atoms with Crippen LogP contribution in [-0.4, -0.2) is 31.0 Å². The van der Waals surface area contributed by atoms with Crippen LogP contribution >= 0.6 is 11.3 Å². The summed E-state index contributed by atoms with van der Waals surface area (Å²) in [6.07, 6.45) is 3.31. The SMILES string of the molecule is Cc1nc(Cn2nnc(NC(=O)c3cc4c(s3)CCC(C)C4)c2C)no1. The number of rotatable bonds is 4. The fourth-order valence-electron chi connectivity index (χ4n) is 3.15. The Morgan fingerprint density at radius 2 is 2.31 bits per heavy atom. The van der Waals surface area contributed by atoms with Crippen molar-refractivity contribution >= 4 is 23.1 Å². The summed E-state index contributed by atoms with van der Waals surface area (Å²) in [7, 11) is 0. The van der Waals surface area contributed by atoms with Crippen molar-refractivity contribution in [3.05, 3.63) is 38.8 Å². The van der Waals surface area contributed by atoms with Crippen LogP contribution in [0.25, 0.3) is 0 Å². The van der Waals surface area contributed by atoms with E-state index in [1.165, 1.54) is 16.9 Å². The maximum absolute atomic E-state index is 12.6. The second-order valence-electron chi connectivity index (χ2n) is 6.77. The monoisotopic (exact) mass is 372 g/mol. The molecule has 3 aromatic heterocycles. The largest absolute Gasteiger partial charge is 0.340 e. The second kappa shape index (κ2) is 6.64. The number of thiophene rings is 1. The van der Waals surface area contributed by atoms with Gasteiger partial charge in [-0.15, -0.1) is 16.4 Å². The van der Waals surface area contributed by atoms with Crippen molar-refractivity contribution in [3.63, 3.8) is 0 Å². The van der Waals surface area contributed by atoms with Gasteiger partial charge in [0.1, 0.15) is 6.54 Å². The van der Waals surface area contributed by atoms with Gasteiger partial charge in [-0.25, -0.2) is 4.68 Å². The molecule has 136 valence electrons. The third kappa shape index (κ3) is 3.26. The summed E-state index contributed by atoms with van der Waals surface area (Å²) >= 11 is 1.58. The van der Waals surface area contributed by atoms with Crippen molar-refractivity contribution in [2.45, 2.75) is 46.6 Å². The first-order chi connectivity index (χ1) is 12.5. The number of hydrogen-bond donors (Lipinski definition) is 1. The summed E-state index contributed by atoms with van der Waals surface area (Å²) in [5.74, 6) is 2.03. The van der Waals surface area contributed by atoms with E-state index in [0.29, 0.717) is 30.0 Å². The number of fused-ring (bicyclic) bond motifs is 1. The molecule has 0 radical (unpaired) electrons. The summed E-state index contributed by atoms with van der Waals surface area (Å²) in [4.78, 5) is 18.8. The molecule has 0 spiro atoms. The molecule has 3 aromatic rings. The Morgan fingerprint density at radius 1 is 1.46 bits per heavy atom. The van der Waals surface area contributed by atoms with Gasteiger partial charge in [0.05, 0.1) is 10.6 Å². The Hall–Kier alpha value is -2.55. The minimum absolute atomic E-state index is 0.136. The maximum Gasteiger partial charge on any atom is 0.266 e. The van der Waals surface area contributed by atoms with E-state index in [2.05, 4.69) is 32.7 Å². The highest BCUT2D eigenvalue weighted by Gasteiger charge is 2.22. The number of anilines is 1. The van der Waals surface area contributed by atoms with Gasteiger partial charge in [-0.3, -0.25) is 4.79 Å². The molecule has 0 bridgehead atoms. The molecule has 1 aliphatic carbocycles. The lowest BCUT2D eigenvalue weighted by atomic mass is 9.90. The van der Waals surface area contributed by atoms with Crippen molar-refractivity contribution in [1.29, 1.82) is 0 Å². The standard InChI is InChI=1S/C17H20N6O2S/c1-9-4-5-13-12(6-9)7-14(26-13)17(24)19-16-10(2)23(22-20-16)8-15-18-11(3)25-21-15/h7,9H,4-6,8H2,1-3H3,(H,19,24). The van der Waals surface area contributed by atoms with E-state index in [4.69, 9.17) is 4.52 Å². The lowest BCUT2D eigenvalue weighted by Crippen LogP contribution is -2.12. The molecular formula is C17H20N6O2S. The minimum atomic E-state index is -0.136. The Balaban J connectivity index is 1.48. The van der Waals surface area contributed by atoms with Gasteiger partial charge < -0.3 is 9.84 Å². The van der Waals surface area contributed by atoms with Crippen molar-refractivity contribution in [1.82, 2.24) is 25.1 Å². The van der Waals surface area contributed by atoms with Crippen LogP contribution in [0.15, 0.2) is 10.6 Å². The molecule has 8 nitrogen and oxygen atoms in total. The van der Waals surface area contributed by atoms with Gasteiger partial charge in [-0.05, 0) is 43.7 Å². The van der Waals surface area contributed by atoms with Gasteiger partial charge in [0, 0.05) is 11.8 Å². The lowest BCUT2D eigenvalue weighted by molar-refractivity contribution is 0.103. The molecule has 3 heterocycles. The molecule has 0 saturated carbocycles. The molecule has 0 aliphatic heterocycles. The Bertz CT molecular complexity index is 957. The molecule has 0 aromatic carbocycles. The second-order valence-corrected chi connectivity index (χ2v) is 7.91. The van der Waals surface area contributed by atoms with Crippen molar-refractivity contribution in [2.24, 2.45) is 5.92 Å². The predicted molar refractivity (Wildman–Crippen MR) is 96.4 cm³/mol. The average molecular weight is 372 g/mol. The van der Waals surface area contributed by atoms with Crippen LogP contribution in [0.4, 0.5) is 5.82 Å². The van der Waals surface area contributed by atoms with Crippen molar-refractivity contribution < 1.29 is 9.32 Å². The number of aromatic nitrogens is 5. The zero-order valence-corrected chi connectivity index (χ0v) is 15.8. The number of carbonyl (C=O) groups is 1. The Labute approximate surface area is 154 Å². The molecule has 0 fully saturated rings. The quantitative estimate of drug-likeness (QED) is 0.756. The van der Waals surface area contributed by atoms with E-state index >= 15 is 0 Å². The number of carbonyl (C=O) groups excluding carboxylic acids is 1. The number of amides is 1. The molecular weight excluding hydrogens is 352 g/mol. The van der Waals surface area contributed by atoms with Crippen LogP contribution in [0, 0.1) is 19.8 Å². The van der Waals surface area contributed by atoms with Crippen LogP contribution in [-0.2, 0) is 19.4 Å². The summed E-state index contributed by atoms with van der Waals surface area (Å²) < 4.78 is 6.60. The summed E-state index contributed by atoms with van der Waals surface area (Å²) in [6, 6.07) is 2.02. The summed E-state index contributed by atoms with van der Waals surface area (Å²) in [5.41, 5.74) is 2.06. The highest BCUT2D eigenvalue weighted by molar-refractivity contribution is 7.14. The third-order valence-electron chi connectivity index (χ3n) is 4.63. The number of aryl methyl sites for hydroxylation is 2. The smallest absolute Gasteiger partial charge is 0.266 e. The van der Waals surface area contributed by atoms with E-state index in [9.17, 15) is 4.79 Å². The van der Waals surface area contributed by atoms with Gasteiger partial charge >= 0.3 is 0 Å². The fourth-order valence-corrected chi connectivity index (χ4v) is 4.26. The zero-order valence-electron chi connectivity index (χ0n) is 14.9. The van der Waals surface area contributed by atoms with E-state index in [1.54, 1.807) is 22.9 Å². The maximum atomic E-state index is 12.6. The number of nitrogens with one attached hydrogen (secondary N) is 1. The number of hydrogen-bond acceptors (Lipinski definition) is 7. The Kier molecular flexibility index (Phi) is 4.31. The molecule has 0 saturated heterocycles. The fraction of sp³-hybridized carbons (Fsp3) is 0.471. The normalized spacial score (nSPS) is 16.5. The highest BCUT2D eigenvalue weighted by atomic mass is 32.1. The first kappa shape index (κ1) is 16.9. The molecule has 26 heavy (non-hydrogen) atoms. The number of nitrogens with zero attached hydrogens (tertiary/aromatic N) is 5. The molecule has 9 heteroatoms. The Morgan fingerprint density at radius 3 is 3.08 bits per heavy atom. The van der Waals surface area contributed by atoms with Gasteiger partial charge in [0.15, 0.2) is 11.6 Å². The predicted octanol–water partition coefficient (Wildman–Crippen LogP) is 2.76. The van der Waals surface area contributed by atoms with Crippen LogP contribution in [0.5, 0.6) is 0 Å². The average Bonchev–Trinajstić information content (AvgIpc) is 3.29. The third-order valence-corrected chi connectivity index (χ3v) is 5.86. The topological polar surface area (TPSA) is 98.7 Å². The highest BCUT2D eigenvalue weighted by Crippen LogP contribution is 2.32. The van der Waals surface area contributed by atoms with E-state index in [-0.39, 0.29) is 5.91 Å². The van der Waals surface area contributed by atoms with Crippen LogP contribution in [0.1, 0.15) is 50.9 Å². The molecule has 1 amide bonds. The van der Waals surface area contributed by atoms with Gasteiger partial charge in [-0.1, -0.05) is 17.3 Å². The van der Waals surface area contributed by atoms with E-state index < -0.39 is 0 Å². The first-order valence-corrected chi connectivity index (χ1v) is 9.43. The zero-order chi connectivity index (χ0) is 18.3. The van der Waals surface area contributed by atoms with E-state index in [0.717, 1.165) is 23.4 Å². The molecule has 1 N–H and O–H groups in total. The lowest BCUT2D eigenvalue weighted by Gasteiger charge is -2.16. The van der Waals surface area contributed by atoms with Crippen LogP contribution in [0.3, 0.4) is 0 Å². The molecule has 4 rings (SSSR count). The van der Waals surface area contributed by atoms with Crippen molar-refractivity contribution in [2.75, 3.05) is 5.32 Å². The first-order valence-electron chi connectivity index (χ1n) is 8.62. The van der Waals surface area contributed by atoms with Gasteiger partial charge in [0.25, 0.3) is 5.91 Å². The summed E-state index contributed by atoms with van der Waals surface area (Å²) in [6.45, 7) is 6.19. The molecule has 1 aliphatic rings. The minimum Gasteiger partial charge on any atom is -0.340 e. The van der Waals surface area contributed by atoms with Gasteiger partial charge in [-0.2, -0.15) is 4.98 Å². The van der Waals surface area contributed by atoms with Gasteiger partial charge in [0.2, 0.25) is 5.89 Å². The van der Waals surface area contributed by atoms with E-state index in [1.807, 2.05) is 13.0 Å². The molecule has 1 unspecified atom stereocenters. The summed E-state index contributed by atoms with van der Waals surface area (Å²) in [5, 5.41) is 14.9. The van der Waals surface area contributed by atoms with Crippen LogP contribution < -0.4 is 5.32 Å². The van der Waals surface area contributed by atoms with Crippen molar-refractivity contribution in [3.8, 4) is 0 Å². The van der Waals surface area contributed by atoms with Crippen LogP contribution in [0.2, 0.25) is 0 Å².